The van der Waals surface area contributed by atoms with E-state index in [-0.39, 0.29) is 0 Å². The van der Waals surface area contributed by atoms with E-state index in [4.69, 9.17) is 4.74 Å². The van der Waals surface area contributed by atoms with Crippen molar-refractivity contribution in [1.29, 1.82) is 0 Å². The number of rotatable bonds is 4. The third kappa shape index (κ3) is 2.80. The van der Waals surface area contributed by atoms with Crippen molar-refractivity contribution in [3.8, 4) is 22.2 Å². The molecule has 3 heterocycles. The lowest BCUT2D eigenvalue weighted by Gasteiger charge is -2.02. The Bertz CT molecular complexity index is 914. The van der Waals surface area contributed by atoms with Gasteiger partial charge in [0.05, 0.1) is 11.9 Å². The normalized spacial score (nSPS) is 11.0. The average molecular weight is 322 g/mol. The second kappa shape index (κ2) is 5.81. The predicted octanol–water partition coefficient (Wildman–Crippen LogP) is 4.21. The summed E-state index contributed by atoms with van der Waals surface area (Å²) in [5.74, 6) is 0.800. The number of benzene rings is 1. The van der Waals surface area contributed by atoms with E-state index < -0.39 is 0 Å². The molecule has 0 saturated carbocycles. The summed E-state index contributed by atoms with van der Waals surface area (Å²) < 4.78 is 7.59. The van der Waals surface area contributed by atoms with Gasteiger partial charge >= 0.3 is 0 Å². The van der Waals surface area contributed by atoms with E-state index in [1.165, 1.54) is 16.9 Å². The molecule has 0 radical (unpaired) electrons. The number of nitrogens with zero attached hydrogens (tertiary/aromatic N) is 4. The first-order chi connectivity index (χ1) is 11.3. The highest BCUT2D eigenvalue weighted by atomic mass is 32.1. The van der Waals surface area contributed by atoms with Gasteiger partial charge in [0.15, 0.2) is 0 Å². The molecule has 0 spiro atoms. The molecule has 5 nitrogen and oxygen atoms in total. The number of fused-ring (bicyclic) bond motifs is 1. The smallest absolute Gasteiger partial charge is 0.299 e. The molecule has 114 valence electrons. The van der Waals surface area contributed by atoms with Crippen LogP contribution < -0.4 is 4.74 Å². The molecule has 0 N–H and O–H groups in total. The van der Waals surface area contributed by atoms with Crippen LogP contribution in [0.15, 0.2) is 55.0 Å². The highest BCUT2D eigenvalue weighted by Crippen LogP contribution is 2.29. The Balaban J connectivity index is 1.61. The predicted molar refractivity (Wildman–Crippen MR) is 90.0 cm³/mol. The Kier molecular flexibility index (Phi) is 3.51. The maximum Gasteiger partial charge on any atom is 0.299 e. The minimum Gasteiger partial charge on any atom is -0.430 e. The van der Waals surface area contributed by atoms with Gasteiger partial charge in [0.1, 0.15) is 5.75 Å². The Labute approximate surface area is 137 Å². The van der Waals surface area contributed by atoms with E-state index >= 15 is 0 Å². The van der Waals surface area contributed by atoms with Crippen LogP contribution in [0.3, 0.4) is 0 Å². The summed E-state index contributed by atoms with van der Waals surface area (Å²) in [5, 5.41) is 5.02. The Hall–Kier alpha value is -2.73. The monoisotopic (exact) mass is 322 g/mol. The van der Waals surface area contributed by atoms with Crippen LogP contribution >= 0.6 is 11.3 Å². The lowest BCUT2D eigenvalue weighted by Crippen LogP contribution is -1.87. The summed E-state index contributed by atoms with van der Waals surface area (Å²) in [4.78, 5) is 9.49. The van der Waals surface area contributed by atoms with Gasteiger partial charge in [0.2, 0.25) is 4.96 Å². The van der Waals surface area contributed by atoms with Gasteiger partial charge in [-0.15, -0.1) is 5.10 Å². The average Bonchev–Trinajstić information content (AvgIpc) is 3.14. The molecular weight excluding hydrogens is 308 g/mol. The number of pyridine rings is 1. The van der Waals surface area contributed by atoms with E-state index in [0.717, 1.165) is 28.4 Å². The van der Waals surface area contributed by atoms with Crippen molar-refractivity contribution >= 4 is 16.3 Å². The maximum atomic E-state index is 5.84. The molecule has 23 heavy (non-hydrogen) atoms. The standard InChI is InChI=1S/C17H14N4OS/c1-2-12-5-3-7-14(9-12)22-17-20-21-11-15(19-16(21)23-17)13-6-4-8-18-10-13/h3-11H,2H2,1H3. The Morgan fingerprint density at radius 1 is 1.22 bits per heavy atom. The summed E-state index contributed by atoms with van der Waals surface area (Å²) in [6.07, 6.45) is 6.40. The quantitative estimate of drug-likeness (QED) is 0.565. The Morgan fingerprint density at radius 2 is 2.17 bits per heavy atom. The third-order valence-corrected chi connectivity index (χ3v) is 4.29. The van der Waals surface area contributed by atoms with Gasteiger partial charge in [-0.3, -0.25) is 4.98 Å². The number of aromatic nitrogens is 4. The van der Waals surface area contributed by atoms with Crippen LogP contribution in [-0.4, -0.2) is 19.6 Å². The number of imidazole rings is 1. The van der Waals surface area contributed by atoms with Gasteiger partial charge in [-0.1, -0.05) is 19.1 Å². The fourth-order valence-electron chi connectivity index (χ4n) is 2.31. The van der Waals surface area contributed by atoms with Crippen molar-refractivity contribution in [3.05, 3.63) is 60.6 Å². The first-order valence-electron chi connectivity index (χ1n) is 7.35. The molecule has 0 aliphatic carbocycles. The lowest BCUT2D eigenvalue weighted by molar-refractivity contribution is 0.470. The highest BCUT2D eigenvalue weighted by Gasteiger charge is 2.11. The second-order valence-corrected chi connectivity index (χ2v) is 5.98. The summed E-state index contributed by atoms with van der Waals surface area (Å²) >= 11 is 1.42. The summed E-state index contributed by atoms with van der Waals surface area (Å²) in [7, 11) is 0. The van der Waals surface area contributed by atoms with Crippen molar-refractivity contribution < 1.29 is 4.74 Å². The maximum absolute atomic E-state index is 5.84. The molecule has 0 aliphatic heterocycles. The van der Waals surface area contributed by atoms with Crippen molar-refractivity contribution in [2.75, 3.05) is 0 Å². The van der Waals surface area contributed by atoms with E-state index in [0.29, 0.717) is 5.19 Å². The van der Waals surface area contributed by atoms with Crippen molar-refractivity contribution in [2.24, 2.45) is 0 Å². The van der Waals surface area contributed by atoms with E-state index in [9.17, 15) is 0 Å². The minimum atomic E-state index is 0.582. The molecule has 6 heteroatoms. The van der Waals surface area contributed by atoms with E-state index in [1.54, 1.807) is 16.9 Å². The van der Waals surface area contributed by atoms with Gasteiger partial charge in [0, 0.05) is 18.0 Å². The van der Waals surface area contributed by atoms with Crippen LogP contribution in [-0.2, 0) is 6.42 Å². The fourth-order valence-corrected chi connectivity index (χ4v) is 3.06. The van der Waals surface area contributed by atoms with Crippen LogP contribution in [0.1, 0.15) is 12.5 Å². The first-order valence-corrected chi connectivity index (χ1v) is 8.17. The second-order valence-electron chi connectivity index (χ2n) is 5.07. The highest BCUT2D eigenvalue weighted by molar-refractivity contribution is 7.18. The zero-order chi connectivity index (χ0) is 15.6. The van der Waals surface area contributed by atoms with Crippen LogP contribution in [0.5, 0.6) is 10.9 Å². The van der Waals surface area contributed by atoms with Crippen LogP contribution in [0.25, 0.3) is 16.2 Å². The molecule has 0 unspecified atom stereocenters. The van der Waals surface area contributed by atoms with E-state index in [1.807, 2.05) is 36.5 Å². The molecule has 4 rings (SSSR count). The molecular formula is C17H14N4OS. The molecule has 0 fully saturated rings. The van der Waals surface area contributed by atoms with Gasteiger partial charge in [-0.2, -0.15) is 0 Å². The third-order valence-electron chi connectivity index (χ3n) is 3.49. The summed E-state index contributed by atoms with van der Waals surface area (Å²) in [6.45, 7) is 2.12. The first kappa shape index (κ1) is 13.9. The molecule has 3 aromatic heterocycles. The van der Waals surface area contributed by atoms with Crippen LogP contribution in [0.4, 0.5) is 0 Å². The van der Waals surface area contributed by atoms with Crippen LogP contribution in [0, 0.1) is 0 Å². The van der Waals surface area contributed by atoms with E-state index in [2.05, 4.69) is 28.1 Å². The van der Waals surface area contributed by atoms with Gasteiger partial charge in [-0.25, -0.2) is 9.50 Å². The van der Waals surface area contributed by atoms with Crippen molar-refractivity contribution in [3.63, 3.8) is 0 Å². The molecule has 0 aliphatic rings. The zero-order valence-corrected chi connectivity index (χ0v) is 13.3. The van der Waals surface area contributed by atoms with Gasteiger partial charge in [-0.05, 0) is 47.6 Å². The summed E-state index contributed by atoms with van der Waals surface area (Å²) in [5.41, 5.74) is 3.07. The fraction of sp³-hybridized carbons (Fsp3) is 0.118. The summed E-state index contributed by atoms with van der Waals surface area (Å²) in [6, 6.07) is 11.9. The number of ether oxygens (including phenoxy) is 1. The molecule has 1 aromatic carbocycles. The minimum absolute atomic E-state index is 0.582. The van der Waals surface area contributed by atoms with Crippen molar-refractivity contribution in [1.82, 2.24) is 19.6 Å². The Morgan fingerprint density at radius 3 is 2.96 bits per heavy atom. The molecule has 0 saturated heterocycles. The molecule has 0 atom stereocenters. The van der Waals surface area contributed by atoms with Gasteiger partial charge < -0.3 is 4.74 Å². The van der Waals surface area contributed by atoms with Crippen molar-refractivity contribution in [2.45, 2.75) is 13.3 Å². The number of hydrogen-bond donors (Lipinski definition) is 0. The molecule has 0 amide bonds. The van der Waals surface area contributed by atoms with Gasteiger partial charge in [0.25, 0.3) is 5.19 Å². The molecule has 4 aromatic rings. The number of aryl methyl sites for hydroxylation is 1. The SMILES string of the molecule is CCc1cccc(Oc2nn3cc(-c4cccnc4)nc3s2)c1. The zero-order valence-electron chi connectivity index (χ0n) is 12.5. The number of hydrogen-bond acceptors (Lipinski definition) is 5. The molecule has 0 bridgehead atoms. The van der Waals surface area contributed by atoms with Crippen LogP contribution in [0.2, 0.25) is 0 Å². The largest absolute Gasteiger partial charge is 0.430 e. The topological polar surface area (TPSA) is 52.3 Å². The lowest BCUT2D eigenvalue weighted by atomic mass is 10.2.